The molecule has 0 aromatic heterocycles. The highest BCUT2D eigenvalue weighted by Crippen LogP contribution is 2.59. The smallest absolute Gasteiger partial charge is 0.325 e. The normalized spacial score (nSPS) is 26.2. The zero-order valence-corrected chi connectivity index (χ0v) is 14.6. The van der Waals surface area contributed by atoms with Gasteiger partial charge in [-0.3, -0.25) is 24.1 Å². The van der Waals surface area contributed by atoms with E-state index in [9.17, 15) is 19.2 Å². The van der Waals surface area contributed by atoms with Crippen molar-refractivity contribution in [3.63, 3.8) is 0 Å². The molecule has 2 aliphatic carbocycles. The number of rotatable bonds is 4. The van der Waals surface area contributed by atoms with Crippen molar-refractivity contribution in [2.24, 2.45) is 17.3 Å². The van der Waals surface area contributed by atoms with E-state index in [1.165, 1.54) is 14.2 Å². The summed E-state index contributed by atoms with van der Waals surface area (Å²) in [5.41, 5.74) is -1.06. The lowest BCUT2D eigenvalue weighted by Crippen LogP contribution is -2.70. The topological polar surface area (TPSA) is 90.0 Å². The summed E-state index contributed by atoms with van der Waals surface area (Å²) in [6, 6.07) is 5.65. The Balaban J connectivity index is 1.80. The largest absolute Gasteiger partial charge is 0.468 e. The van der Waals surface area contributed by atoms with E-state index in [4.69, 9.17) is 9.47 Å². The standard InChI is InChI=1S/C19H19NO6/c1-25-17(23)19(18(24)26-2)9-13(10-7-8-10)14(19)20-15(21)11-5-3-4-6-12(11)16(20)22/h3-6,10,13-14H,7-9H2,1-2H3. The van der Waals surface area contributed by atoms with E-state index in [1.807, 2.05) is 0 Å². The molecule has 0 N–H and O–H groups in total. The summed E-state index contributed by atoms with van der Waals surface area (Å²) in [6.45, 7) is 0. The zero-order valence-electron chi connectivity index (χ0n) is 14.6. The van der Waals surface area contributed by atoms with Crippen LogP contribution in [-0.2, 0) is 19.1 Å². The van der Waals surface area contributed by atoms with Crippen LogP contribution in [0, 0.1) is 17.3 Å². The fourth-order valence-corrected chi connectivity index (χ4v) is 4.49. The summed E-state index contributed by atoms with van der Waals surface area (Å²) in [7, 11) is 2.38. The van der Waals surface area contributed by atoms with Crippen molar-refractivity contribution in [3.8, 4) is 0 Å². The van der Waals surface area contributed by atoms with E-state index in [1.54, 1.807) is 24.3 Å². The molecule has 0 spiro atoms. The zero-order chi connectivity index (χ0) is 18.6. The predicted octanol–water partition coefficient (Wildman–Crippen LogP) is 1.41. The monoisotopic (exact) mass is 357 g/mol. The summed E-state index contributed by atoms with van der Waals surface area (Å²) in [4.78, 5) is 52.1. The SMILES string of the molecule is COC(=O)C1(C(=O)OC)CC(C2CC2)C1N1C(=O)c2ccccc2C1=O. The average Bonchev–Trinajstić information content (AvgIpc) is 3.45. The number of carbonyl (C=O) groups excluding carboxylic acids is 4. The highest BCUT2D eigenvalue weighted by molar-refractivity contribution is 6.22. The van der Waals surface area contributed by atoms with Crippen molar-refractivity contribution < 1.29 is 28.7 Å². The molecule has 2 atom stereocenters. The highest BCUT2D eigenvalue weighted by Gasteiger charge is 2.72. The van der Waals surface area contributed by atoms with Gasteiger partial charge in [0.05, 0.1) is 31.4 Å². The number of amides is 2. The Hall–Kier alpha value is -2.70. The minimum absolute atomic E-state index is 0.101. The van der Waals surface area contributed by atoms with E-state index in [0.29, 0.717) is 17.0 Å². The van der Waals surface area contributed by atoms with E-state index in [-0.39, 0.29) is 12.3 Å². The lowest BCUT2D eigenvalue weighted by Gasteiger charge is -2.53. The molecule has 2 amide bonds. The molecule has 2 saturated carbocycles. The third-order valence-electron chi connectivity index (χ3n) is 5.90. The second kappa shape index (κ2) is 5.65. The third-order valence-corrected chi connectivity index (χ3v) is 5.90. The molecule has 1 aromatic rings. The van der Waals surface area contributed by atoms with Gasteiger partial charge < -0.3 is 9.47 Å². The van der Waals surface area contributed by atoms with Gasteiger partial charge in [-0.2, -0.15) is 0 Å². The molecule has 3 aliphatic rings. The number of carbonyl (C=O) groups is 4. The van der Waals surface area contributed by atoms with E-state index in [0.717, 1.165) is 17.7 Å². The van der Waals surface area contributed by atoms with Crippen LogP contribution in [0.4, 0.5) is 0 Å². The summed E-state index contributed by atoms with van der Waals surface area (Å²) in [6.07, 6.45) is 2.15. The quantitative estimate of drug-likeness (QED) is 0.460. The first kappa shape index (κ1) is 16.8. The van der Waals surface area contributed by atoms with Crippen LogP contribution < -0.4 is 0 Å². The van der Waals surface area contributed by atoms with Crippen LogP contribution in [0.1, 0.15) is 40.0 Å². The summed E-state index contributed by atoms with van der Waals surface area (Å²) in [5, 5.41) is 0. The Morgan fingerprint density at radius 3 is 1.92 bits per heavy atom. The minimum Gasteiger partial charge on any atom is -0.468 e. The number of imide groups is 1. The van der Waals surface area contributed by atoms with Gasteiger partial charge in [0.15, 0.2) is 5.41 Å². The van der Waals surface area contributed by atoms with Crippen LogP contribution in [0.2, 0.25) is 0 Å². The predicted molar refractivity (Wildman–Crippen MR) is 88.0 cm³/mol. The van der Waals surface area contributed by atoms with Gasteiger partial charge in [0, 0.05) is 0 Å². The summed E-state index contributed by atoms with van der Waals surface area (Å²) < 4.78 is 9.75. The molecule has 0 radical (unpaired) electrons. The fraction of sp³-hybridized carbons (Fsp3) is 0.474. The van der Waals surface area contributed by atoms with Gasteiger partial charge in [0.25, 0.3) is 11.8 Å². The van der Waals surface area contributed by atoms with Gasteiger partial charge in [-0.1, -0.05) is 12.1 Å². The Bertz CT molecular complexity index is 776. The Kier molecular flexibility index (Phi) is 3.64. The second-order valence-electron chi connectivity index (χ2n) is 7.13. The number of esters is 2. The van der Waals surface area contributed by atoms with Crippen molar-refractivity contribution in [2.75, 3.05) is 14.2 Å². The molecule has 2 unspecified atom stereocenters. The van der Waals surface area contributed by atoms with Gasteiger partial charge >= 0.3 is 11.9 Å². The maximum absolute atomic E-state index is 12.9. The Morgan fingerprint density at radius 2 is 1.50 bits per heavy atom. The molecule has 136 valence electrons. The average molecular weight is 357 g/mol. The maximum atomic E-state index is 12.9. The van der Waals surface area contributed by atoms with Crippen molar-refractivity contribution in [1.29, 1.82) is 0 Å². The molecular weight excluding hydrogens is 338 g/mol. The van der Waals surface area contributed by atoms with Crippen LogP contribution in [0.25, 0.3) is 0 Å². The van der Waals surface area contributed by atoms with Crippen molar-refractivity contribution >= 4 is 23.8 Å². The molecular formula is C19H19NO6. The first-order chi connectivity index (χ1) is 12.5. The molecule has 1 aromatic carbocycles. The number of hydrogen-bond acceptors (Lipinski definition) is 6. The molecule has 26 heavy (non-hydrogen) atoms. The molecule has 2 fully saturated rings. The van der Waals surface area contributed by atoms with Crippen LogP contribution in [0.15, 0.2) is 24.3 Å². The van der Waals surface area contributed by atoms with Gasteiger partial charge in [-0.25, -0.2) is 0 Å². The molecule has 1 aliphatic heterocycles. The Morgan fingerprint density at radius 1 is 1.00 bits per heavy atom. The van der Waals surface area contributed by atoms with Crippen LogP contribution in [0.3, 0.4) is 0 Å². The van der Waals surface area contributed by atoms with Gasteiger partial charge in [-0.05, 0) is 43.2 Å². The molecule has 0 bridgehead atoms. The van der Waals surface area contributed by atoms with Gasteiger partial charge in [0.1, 0.15) is 0 Å². The number of hydrogen-bond donors (Lipinski definition) is 0. The number of ether oxygens (including phenoxy) is 2. The van der Waals surface area contributed by atoms with Crippen LogP contribution in [0.5, 0.6) is 0 Å². The summed E-state index contributed by atoms with van der Waals surface area (Å²) in [5.74, 6) is -2.27. The van der Waals surface area contributed by atoms with E-state index < -0.39 is 35.2 Å². The van der Waals surface area contributed by atoms with Crippen LogP contribution in [-0.4, -0.2) is 48.9 Å². The van der Waals surface area contributed by atoms with Gasteiger partial charge in [0.2, 0.25) is 0 Å². The fourth-order valence-electron chi connectivity index (χ4n) is 4.49. The lowest BCUT2D eigenvalue weighted by atomic mass is 9.55. The van der Waals surface area contributed by atoms with Crippen LogP contribution >= 0.6 is 0 Å². The molecule has 7 heteroatoms. The minimum atomic E-state index is -1.65. The molecule has 1 heterocycles. The van der Waals surface area contributed by atoms with Crippen molar-refractivity contribution in [1.82, 2.24) is 4.90 Å². The molecule has 4 rings (SSSR count). The number of fused-ring (bicyclic) bond motifs is 1. The van der Waals surface area contributed by atoms with E-state index in [2.05, 4.69) is 0 Å². The number of methoxy groups -OCH3 is 2. The van der Waals surface area contributed by atoms with Crippen molar-refractivity contribution in [2.45, 2.75) is 25.3 Å². The highest BCUT2D eigenvalue weighted by atomic mass is 16.5. The Labute approximate surface area is 150 Å². The number of nitrogens with zero attached hydrogens (tertiary/aromatic N) is 1. The van der Waals surface area contributed by atoms with Gasteiger partial charge in [-0.15, -0.1) is 0 Å². The molecule has 0 saturated heterocycles. The second-order valence-corrected chi connectivity index (χ2v) is 7.13. The summed E-state index contributed by atoms with van der Waals surface area (Å²) >= 11 is 0. The first-order valence-corrected chi connectivity index (χ1v) is 8.61. The van der Waals surface area contributed by atoms with E-state index >= 15 is 0 Å². The number of benzene rings is 1. The third kappa shape index (κ3) is 2.00. The first-order valence-electron chi connectivity index (χ1n) is 8.61. The lowest BCUT2D eigenvalue weighted by molar-refractivity contribution is -0.190. The molecule has 7 nitrogen and oxygen atoms in total. The maximum Gasteiger partial charge on any atom is 0.325 e. The van der Waals surface area contributed by atoms with Crippen molar-refractivity contribution in [3.05, 3.63) is 35.4 Å².